The van der Waals surface area contributed by atoms with Crippen LogP contribution < -0.4 is 52.8 Å². The quantitative estimate of drug-likeness (QED) is 0.244. The van der Waals surface area contributed by atoms with E-state index in [1.54, 1.807) is 5.56 Å². The van der Waals surface area contributed by atoms with Crippen molar-refractivity contribution in [3.05, 3.63) is 108 Å². The topological polar surface area (TPSA) is 6.48 Å². The number of rotatable bonds is 3. The number of thiophene rings is 2. The molecule has 4 saturated carbocycles. The lowest BCUT2D eigenvalue weighted by molar-refractivity contribution is -0.00516. The van der Waals surface area contributed by atoms with Crippen LogP contribution in [0, 0.1) is 17.8 Å². The SMILES string of the molecule is Bc1c(B)c(B)c(N2c3cccc4c3B(c3ccc(C56CC7CC(CC(C7)C5)C6)cc3N4c3cccc4c3sc3ccccc34)c3sc4ccc(C(C)(C)C)cc4c32)c(B)c1B. The van der Waals surface area contributed by atoms with Gasteiger partial charge in [-0.05, 0) is 132 Å². The largest absolute Gasteiger partial charge is 0.311 e. The molecule has 0 unspecified atom stereocenters. The number of hydrogen-bond acceptors (Lipinski definition) is 4. The summed E-state index contributed by atoms with van der Waals surface area (Å²) in [6, 6.07) is 38.7. The zero-order valence-electron chi connectivity index (χ0n) is 37.5. The first-order valence-electron chi connectivity index (χ1n) is 23.3. The van der Waals surface area contributed by atoms with Gasteiger partial charge in [-0.2, -0.15) is 0 Å². The summed E-state index contributed by atoms with van der Waals surface area (Å²) in [5, 5.41) is 4.09. The number of nitrogens with zero attached hydrogens (tertiary/aromatic N) is 2. The Morgan fingerprint density at radius 3 is 1.89 bits per heavy atom. The van der Waals surface area contributed by atoms with Crippen LogP contribution in [0.5, 0.6) is 0 Å². The van der Waals surface area contributed by atoms with Gasteiger partial charge < -0.3 is 9.80 Å². The average molecular weight is 832 g/mol. The second-order valence-corrected chi connectivity index (χ2v) is 23.4. The van der Waals surface area contributed by atoms with Crippen LogP contribution in [0.15, 0.2) is 97.1 Å². The lowest BCUT2D eigenvalue weighted by Gasteiger charge is -2.57. The summed E-state index contributed by atoms with van der Waals surface area (Å²) in [5.74, 6) is 2.69. The highest BCUT2D eigenvalue weighted by Crippen LogP contribution is 2.61. The van der Waals surface area contributed by atoms with Crippen molar-refractivity contribution in [2.24, 2.45) is 17.8 Å². The summed E-state index contributed by atoms with van der Waals surface area (Å²) in [7, 11) is 11.7. The maximum Gasteiger partial charge on any atom is 0.264 e. The Kier molecular flexibility index (Phi) is 7.99. The summed E-state index contributed by atoms with van der Waals surface area (Å²) in [5.41, 5.74) is 21.2. The molecule has 10 heteroatoms. The van der Waals surface area contributed by atoms with Crippen molar-refractivity contribution >= 4 is 176 Å². The van der Waals surface area contributed by atoms with E-state index in [1.165, 1.54) is 151 Å². The van der Waals surface area contributed by atoms with Crippen molar-refractivity contribution in [3.63, 3.8) is 0 Å². The fourth-order valence-corrected chi connectivity index (χ4v) is 16.4. The lowest BCUT2D eigenvalue weighted by Crippen LogP contribution is -2.62. The highest BCUT2D eigenvalue weighted by Gasteiger charge is 2.53. The van der Waals surface area contributed by atoms with Crippen LogP contribution in [0.2, 0.25) is 0 Å². The van der Waals surface area contributed by atoms with E-state index in [9.17, 15) is 0 Å². The lowest BCUT2D eigenvalue weighted by atomic mass is 9.36. The normalized spacial score (nSPS) is 22.2. The molecule has 4 fully saturated rings. The van der Waals surface area contributed by atoms with Gasteiger partial charge in [0.25, 0.3) is 6.71 Å². The van der Waals surface area contributed by atoms with Gasteiger partial charge in [0, 0.05) is 53.1 Å². The zero-order valence-corrected chi connectivity index (χ0v) is 39.1. The summed E-state index contributed by atoms with van der Waals surface area (Å²) < 4.78 is 5.58. The van der Waals surface area contributed by atoms with Crippen LogP contribution in [0.4, 0.5) is 34.1 Å². The Morgan fingerprint density at radius 1 is 0.565 bits per heavy atom. The molecule has 8 aromatic rings. The highest BCUT2D eigenvalue weighted by atomic mass is 32.1. The predicted octanol–water partition coefficient (Wildman–Crippen LogP) is 4.41. The van der Waals surface area contributed by atoms with E-state index in [1.807, 2.05) is 22.7 Å². The van der Waals surface area contributed by atoms with Gasteiger partial charge in [-0.1, -0.05) is 97.2 Å². The van der Waals surface area contributed by atoms with Crippen LogP contribution in [0.1, 0.15) is 70.4 Å². The van der Waals surface area contributed by atoms with Crippen molar-refractivity contribution < 1.29 is 0 Å². The molecule has 2 aromatic heterocycles. The third-order valence-electron chi connectivity index (χ3n) is 16.9. The van der Waals surface area contributed by atoms with Gasteiger partial charge in [-0.15, -0.1) is 28.1 Å². The molecule has 14 rings (SSSR count). The van der Waals surface area contributed by atoms with E-state index in [0.717, 1.165) is 17.8 Å². The van der Waals surface area contributed by atoms with Crippen LogP contribution in [0.3, 0.4) is 0 Å². The van der Waals surface area contributed by atoms with Gasteiger partial charge >= 0.3 is 0 Å². The predicted molar refractivity (Wildman–Crippen MR) is 288 cm³/mol. The number of anilines is 6. The molecular weight excluding hydrogens is 782 g/mol. The maximum absolute atomic E-state index is 2.73. The Bertz CT molecular complexity index is 3200. The molecule has 0 radical (unpaired) electrons. The monoisotopic (exact) mass is 832 g/mol. The zero-order chi connectivity index (χ0) is 42.1. The second-order valence-electron chi connectivity index (χ2n) is 21.3. The molecule has 4 heterocycles. The smallest absolute Gasteiger partial charge is 0.264 e. The third-order valence-corrected chi connectivity index (χ3v) is 19.3. The molecule has 2 aliphatic heterocycles. The van der Waals surface area contributed by atoms with Crippen molar-refractivity contribution in [2.75, 3.05) is 9.80 Å². The fourth-order valence-electron chi connectivity index (χ4n) is 13.9. The van der Waals surface area contributed by atoms with Crippen LogP contribution in [0.25, 0.3) is 30.3 Å². The minimum Gasteiger partial charge on any atom is -0.311 e. The molecule has 62 heavy (non-hydrogen) atoms. The Hall–Kier alpha value is -4.51. The molecule has 2 nitrogen and oxygen atoms in total. The van der Waals surface area contributed by atoms with E-state index in [0.29, 0.717) is 5.41 Å². The van der Waals surface area contributed by atoms with Crippen molar-refractivity contribution in [1.29, 1.82) is 0 Å². The minimum atomic E-state index is 0.0374. The van der Waals surface area contributed by atoms with Gasteiger partial charge in [0.15, 0.2) is 0 Å². The summed E-state index contributed by atoms with van der Waals surface area (Å²) >= 11 is 4.00. The number of hydrogen-bond donors (Lipinski definition) is 0. The summed E-state index contributed by atoms with van der Waals surface area (Å²) in [4.78, 5) is 5.46. The standard InChI is InChI=1S/C52H50B6N2S2/c1-51(2,3)29-15-17-40-33(21-29)47-50(62-40)58-34-16-14-30(52-23-26-18-27(24-52)20-28(19-26)25-52)22-38(34)59(37-12-6-9-32-31-8-4-5-13-39(31)61-49(32)37)35-10-7-11-36(46(35)58)60(47)48-44(56)42(54)41(53)43(55)45(48)57/h4-17,21-22,26-28H,18-20,23-25,53-57H2,1-3H3. The molecule has 0 spiro atoms. The van der Waals surface area contributed by atoms with Gasteiger partial charge in [0.1, 0.15) is 39.2 Å². The van der Waals surface area contributed by atoms with Gasteiger partial charge in [-0.3, -0.25) is 0 Å². The van der Waals surface area contributed by atoms with Crippen LogP contribution in [-0.2, 0) is 10.8 Å². The Morgan fingerprint density at radius 2 is 1.18 bits per heavy atom. The first kappa shape index (κ1) is 38.0. The fraction of sp³-hybridized carbons (Fsp3) is 0.269. The first-order chi connectivity index (χ1) is 29.9. The molecule has 4 aliphatic carbocycles. The van der Waals surface area contributed by atoms with E-state index in [4.69, 9.17) is 0 Å². The molecule has 6 aliphatic rings. The van der Waals surface area contributed by atoms with E-state index < -0.39 is 0 Å². The number of fused-ring (bicyclic) bond motifs is 9. The highest BCUT2D eigenvalue weighted by molar-refractivity contribution is 7.33. The molecular formula is C52H50B6N2S2. The second kappa shape index (κ2) is 13.0. The van der Waals surface area contributed by atoms with E-state index in [-0.39, 0.29) is 12.1 Å². The first-order valence-corrected chi connectivity index (χ1v) is 24.9. The average Bonchev–Trinajstić information content (AvgIpc) is 3.83. The summed E-state index contributed by atoms with van der Waals surface area (Å²) in [6.07, 6.45) is 8.49. The molecule has 0 amide bonds. The molecule has 6 aromatic carbocycles. The van der Waals surface area contributed by atoms with Crippen LogP contribution in [-0.4, -0.2) is 45.9 Å². The van der Waals surface area contributed by atoms with Gasteiger partial charge in [0.2, 0.25) is 0 Å². The molecule has 298 valence electrons. The number of benzene rings is 6. The maximum atomic E-state index is 2.73. The minimum absolute atomic E-state index is 0.0374. The van der Waals surface area contributed by atoms with Gasteiger partial charge in [-0.25, -0.2) is 0 Å². The third kappa shape index (κ3) is 5.11. The Balaban J connectivity index is 1.14. The van der Waals surface area contributed by atoms with Crippen molar-refractivity contribution in [1.82, 2.24) is 0 Å². The summed E-state index contributed by atoms with van der Waals surface area (Å²) in [6.45, 7) is 7.20. The Labute approximate surface area is 379 Å². The van der Waals surface area contributed by atoms with Crippen molar-refractivity contribution in [3.8, 4) is 0 Å². The molecule has 0 N–H and O–H groups in total. The van der Waals surface area contributed by atoms with Gasteiger partial charge in [0.05, 0.1) is 16.1 Å². The van der Waals surface area contributed by atoms with Crippen LogP contribution >= 0.6 is 22.7 Å². The molecule has 4 bridgehead atoms. The van der Waals surface area contributed by atoms with E-state index >= 15 is 0 Å². The van der Waals surface area contributed by atoms with Crippen molar-refractivity contribution in [2.45, 2.75) is 70.1 Å². The molecule has 0 saturated heterocycles. The van der Waals surface area contributed by atoms with E-state index in [2.05, 4.69) is 167 Å². The molecule has 0 atom stereocenters.